The van der Waals surface area contributed by atoms with Crippen LogP contribution < -0.4 is 4.74 Å². The fraction of sp³-hybridized carbons (Fsp3) is 0.133. The van der Waals surface area contributed by atoms with Crippen LogP contribution in [0, 0.1) is 41.1 Å². The van der Waals surface area contributed by atoms with E-state index >= 15 is 0 Å². The van der Waals surface area contributed by atoms with Crippen molar-refractivity contribution in [2.75, 3.05) is 6.61 Å². The molecule has 0 saturated carbocycles. The highest BCUT2D eigenvalue weighted by Crippen LogP contribution is 2.18. The second-order valence-corrected chi connectivity index (χ2v) is 7.74. The Morgan fingerprint density at radius 3 is 1.97 bits per heavy atom. The van der Waals surface area contributed by atoms with Crippen molar-refractivity contribution >= 4 is 10.8 Å². The quantitative estimate of drug-likeness (QED) is 0.233. The second-order valence-electron chi connectivity index (χ2n) is 7.74. The fourth-order valence-corrected chi connectivity index (χ4v) is 3.29. The van der Waals surface area contributed by atoms with Gasteiger partial charge in [0, 0.05) is 17.2 Å². The molecule has 4 rings (SSSR count). The molecular formula is C30H21F3O. The Balaban J connectivity index is 1.49. The molecule has 0 spiro atoms. The molecule has 0 N–H and O–H groups in total. The van der Waals surface area contributed by atoms with Gasteiger partial charge < -0.3 is 4.74 Å². The van der Waals surface area contributed by atoms with Gasteiger partial charge >= 0.3 is 0 Å². The molecule has 4 aromatic rings. The molecule has 0 aliphatic carbocycles. The standard InChI is InChI=1S/C30H21F3O/c1-2-3-16-34-28-15-13-24(30(33)20-28)10-6-22-5-9-23(29(32)18-22)8-4-21-7-11-26-19-27(31)14-12-25(26)17-21/h5,7,9,11-15,17-20H,2-3,16H2,1H3. The van der Waals surface area contributed by atoms with Crippen molar-refractivity contribution in [3.8, 4) is 29.4 Å². The normalized spacial score (nSPS) is 10.2. The number of rotatable bonds is 4. The van der Waals surface area contributed by atoms with Gasteiger partial charge in [-0.1, -0.05) is 49.2 Å². The van der Waals surface area contributed by atoms with Gasteiger partial charge in [0.2, 0.25) is 0 Å². The lowest BCUT2D eigenvalue weighted by Crippen LogP contribution is -1.97. The van der Waals surface area contributed by atoms with Crippen LogP contribution in [-0.4, -0.2) is 6.61 Å². The molecule has 4 aromatic carbocycles. The van der Waals surface area contributed by atoms with Crippen LogP contribution in [0.3, 0.4) is 0 Å². The Morgan fingerprint density at radius 2 is 1.26 bits per heavy atom. The van der Waals surface area contributed by atoms with Crippen molar-refractivity contribution in [1.82, 2.24) is 0 Å². The maximum atomic E-state index is 14.6. The first-order chi connectivity index (χ1) is 16.5. The third kappa shape index (κ3) is 5.80. The van der Waals surface area contributed by atoms with Gasteiger partial charge in [-0.3, -0.25) is 0 Å². The maximum Gasteiger partial charge on any atom is 0.142 e. The Bertz CT molecular complexity index is 1470. The number of hydrogen-bond acceptors (Lipinski definition) is 1. The molecule has 0 aliphatic rings. The highest BCUT2D eigenvalue weighted by atomic mass is 19.1. The molecule has 34 heavy (non-hydrogen) atoms. The molecule has 168 valence electrons. The smallest absolute Gasteiger partial charge is 0.142 e. The van der Waals surface area contributed by atoms with Gasteiger partial charge in [0.05, 0.1) is 17.7 Å². The Labute approximate surface area is 197 Å². The first-order valence-corrected chi connectivity index (χ1v) is 11.0. The van der Waals surface area contributed by atoms with Gasteiger partial charge in [-0.25, -0.2) is 13.2 Å². The summed E-state index contributed by atoms with van der Waals surface area (Å²) in [5.74, 6) is 10.5. The Morgan fingerprint density at radius 1 is 0.647 bits per heavy atom. The highest BCUT2D eigenvalue weighted by Gasteiger charge is 2.04. The molecule has 1 nitrogen and oxygen atoms in total. The first-order valence-electron chi connectivity index (χ1n) is 11.0. The molecule has 0 fully saturated rings. The summed E-state index contributed by atoms with van der Waals surface area (Å²) >= 11 is 0. The Hall–Kier alpha value is -4.15. The molecule has 4 heteroatoms. The van der Waals surface area contributed by atoms with E-state index < -0.39 is 11.6 Å². The number of unbranched alkanes of at least 4 members (excludes halogenated alkanes) is 1. The van der Waals surface area contributed by atoms with E-state index in [9.17, 15) is 13.2 Å². The molecule has 0 saturated heterocycles. The average molecular weight is 454 g/mol. The van der Waals surface area contributed by atoms with Gasteiger partial charge in [0.15, 0.2) is 0 Å². The topological polar surface area (TPSA) is 9.23 Å². The SMILES string of the molecule is CCCCOc1ccc(C#Cc2ccc(C#Cc3ccc4cc(F)ccc4c3)c(F)c2)c(F)c1. The van der Waals surface area contributed by atoms with Crippen molar-refractivity contribution in [1.29, 1.82) is 0 Å². The van der Waals surface area contributed by atoms with Gasteiger partial charge in [0.25, 0.3) is 0 Å². The van der Waals surface area contributed by atoms with Crippen molar-refractivity contribution < 1.29 is 17.9 Å². The van der Waals surface area contributed by atoms with E-state index in [0.29, 0.717) is 23.5 Å². The van der Waals surface area contributed by atoms with E-state index in [1.807, 2.05) is 6.07 Å². The number of benzene rings is 4. The summed E-state index contributed by atoms with van der Waals surface area (Å²) in [6, 6.07) is 18.9. The van der Waals surface area contributed by atoms with Crippen LogP contribution in [0.25, 0.3) is 10.8 Å². The zero-order chi connectivity index (χ0) is 23.9. The minimum Gasteiger partial charge on any atom is -0.493 e. The van der Waals surface area contributed by atoms with Gasteiger partial charge in [0.1, 0.15) is 23.2 Å². The van der Waals surface area contributed by atoms with Crippen LogP contribution in [0.2, 0.25) is 0 Å². The lowest BCUT2D eigenvalue weighted by molar-refractivity contribution is 0.308. The Kier molecular flexibility index (Phi) is 7.21. The summed E-state index contributed by atoms with van der Waals surface area (Å²) in [5, 5.41) is 1.63. The summed E-state index contributed by atoms with van der Waals surface area (Å²) in [6.45, 7) is 2.59. The molecule has 0 amide bonds. The first kappa shape index (κ1) is 23.0. The summed E-state index contributed by atoms with van der Waals surface area (Å²) < 4.78 is 47.7. The van der Waals surface area contributed by atoms with Crippen LogP contribution in [-0.2, 0) is 0 Å². The number of ether oxygens (including phenoxy) is 1. The molecular weight excluding hydrogens is 433 g/mol. The molecule has 0 heterocycles. The third-order valence-corrected chi connectivity index (χ3v) is 5.16. The van der Waals surface area contributed by atoms with E-state index in [2.05, 4.69) is 30.6 Å². The summed E-state index contributed by atoms with van der Waals surface area (Å²) in [7, 11) is 0. The zero-order valence-corrected chi connectivity index (χ0v) is 18.6. The molecule has 0 radical (unpaired) electrons. The summed E-state index contributed by atoms with van der Waals surface area (Å²) in [4.78, 5) is 0. The van der Waals surface area contributed by atoms with Crippen LogP contribution in [0.15, 0.2) is 72.8 Å². The largest absolute Gasteiger partial charge is 0.493 e. The van der Waals surface area contributed by atoms with Crippen LogP contribution in [0.4, 0.5) is 13.2 Å². The van der Waals surface area contributed by atoms with E-state index in [0.717, 1.165) is 23.6 Å². The maximum absolute atomic E-state index is 14.6. The van der Waals surface area contributed by atoms with Crippen molar-refractivity contribution in [3.05, 3.63) is 113 Å². The number of hydrogen-bond donors (Lipinski definition) is 0. The van der Waals surface area contributed by atoms with Crippen LogP contribution in [0.5, 0.6) is 5.75 Å². The lowest BCUT2D eigenvalue weighted by atomic mass is 10.1. The molecule has 0 bridgehead atoms. The van der Waals surface area contributed by atoms with E-state index in [1.54, 1.807) is 42.5 Å². The number of halogens is 3. The minimum absolute atomic E-state index is 0.211. The van der Waals surface area contributed by atoms with Gasteiger partial charge in [-0.15, -0.1) is 0 Å². The minimum atomic E-state index is -0.512. The molecule has 0 unspecified atom stereocenters. The summed E-state index contributed by atoms with van der Waals surface area (Å²) in [6.07, 6.45) is 1.90. The van der Waals surface area contributed by atoms with Crippen molar-refractivity contribution in [2.24, 2.45) is 0 Å². The molecule has 0 aliphatic heterocycles. The molecule has 0 aromatic heterocycles. The third-order valence-electron chi connectivity index (χ3n) is 5.16. The van der Waals surface area contributed by atoms with E-state index in [4.69, 9.17) is 4.74 Å². The van der Waals surface area contributed by atoms with Crippen molar-refractivity contribution in [3.63, 3.8) is 0 Å². The van der Waals surface area contributed by atoms with Gasteiger partial charge in [-0.05, 0) is 71.8 Å². The highest BCUT2D eigenvalue weighted by molar-refractivity contribution is 5.84. The average Bonchev–Trinajstić information content (AvgIpc) is 2.83. The summed E-state index contributed by atoms with van der Waals surface area (Å²) in [5.41, 5.74) is 1.55. The van der Waals surface area contributed by atoms with E-state index in [1.165, 1.54) is 24.3 Å². The second kappa shape index (κ2) is 10.6. The monoisotopic (exact) mass is 454 g/mol. The van der Waals surface area contributed by atoms with Gasteiger partial charge in [-0.2, -0.15) is 0 Å². The molecule has 0 atom stereocenters. The predicted octanol–water partition coefficient (Wildman–Crippen LogP) is 7.24. The fourth-order valence-electron chi connectivity index (χ4n) is 3.29. The van der Waals surface area contributed by atoms with Crippen molar-refractivity contribution in [2.45, 2.75) is 19.8 Å². The predicted molar refractivity (Wildman–Crippen MR) is 129 cm³/mol. The van der Waals surface area contributed by atoms with Crippen LogP contribution >= 0.6 is 0 Å². The number of fused-ring (bicyclic) bond motifs is 1. The lowest BCUT2D eigenvalue weighted by Gasteiger charge is -2.05. The van der Waals surface area contributed by atoms with Crippen LogP contribution in [0.1, 0.15) is 42.0 Å². The zero-order valence-electron chi connectivity index (χ0n) is 18.6. The van der Waals surface area contributed by atoms with E-state index in [-0.39, 0.29) is 16.9 Å².